The second-order valence-corrected chi connectivity index (χ2v) is 8.38. The summed E-state index contributed by atoms with van der Waals surface area (Å²) in [6.07, 6.45) is 0. The number of carboxylic acids is 1. The van der Waals surface area contributed by atoms with E-state index in [1.54, 1.807) is 37.3 Å². The normalized spacial score (nSPS) is 11.3. The van der Waals surface area contributed by atoms with Gasteiger partial charge in [0, 0.05) is 16.3 Å². The number of hydrogen-bond acceptors (Lipinski definition) is 6. The van der Waals surface area contributed by atoms with Crippen LogP contribution < -0.4 is 15.4 Å². The average Bonchev–Trinajstić information content (AvgIpc) is 2.79. The minimum Gasteiger partial charge on any atom is -0.507 e. The lowest BCUT2D eigenvalue weighted by Gasteiger charge is -2.14. The molecule has 0 aliphatic heterocycles. The number of rotatable bonds is 9. The summed E-state index contributed by atoms with van der Waals surface area (Å²) in [5, 5.41) is 23.6. The SMILES string of the molecule is CC(Sc1cccc(NC(=O)COc2ccccc2)c1)C(=O)Nc1ccc(O)c(C(=O)O)c1. The van der Waals surface area contributed by atoms with E-state index < -0.39 is 11.2 Å². The standard InChI is InChI=1S/C24H22N2O6S/c1-15(23(29)26-17-10-11-21(27)20(13-17)24(30)31)33-19-9-5-6-16(12-19)25-22(28)14-32-18-7-3-2-4-8-18/h2-13,15,27H,14H2,1H3,(H,25,28)(H,26,29)(H,30,31). The van der Waals surface area contributed by atoms with Crippen molar-refractivity contribution in [1.29, 1.82) is 0 Å². The fourth-order valence-corrected chi connectivity index (χ4v) is 3.72. The summed E-state index contributed by atoms with van der Waals surface area (Å²) in [4.78, 5) is 36.6. The first-order chi connectivity index (χ1) is 15.8. The Labute approximate surface area is 194 Å². The van der Waals surface area contributed by atoms with Crippen LogP contribution in [-0.4, -0.2) is 39.9 Å². The topological polar surface area (TPSA) is 125 Å². The molecule has 0 saturated carbocycles. The highest BCUT2D eigenvalue weighted by Gasteiger charge is 2.17. The van der Waals surface area contributed by atoms with Gasteiger partial charge in [0.1, 0.15) is 17.1 Å². The van der Waals surface area contributed by atoms with Crippen LogP contribution in [0.25, 0.3) is 0 Å². The van der Waals surface area contributed by atoms with Crippen molar-refractivity contribution in [3.05, 3.63) is 78.4 Å². The zero-order valence-electron chi connectivity index (χ0n) is 17.6. The van der Waals surface area contributed by atoms with Gasteiger partial charge in [0.05, 0.1) is 5.25 Å². The molecule has 3 aromatic carbocycles. The lowest BCUT2D eigenvalue weighted by Crippen LogP contribution is -2.22. The second kappa shape index (κ2) is 11.1. The van der Waals surface area contributed by atoms with Gasteiger partial charge in [-0.05, 0) is 55.5 Å². The number of aromatic hydroxyl groups is 1. The number of para-hydroxylation sites is 1. The summed E-state index contributed by atoms with van der Waals surface area (Å²) >= 11 is 1.28. The summed E-state index contributed by atoms with van der Waals surface area (Å²) in [7, 11) is 0. The van der Waals surface area contributed by atoms with E-state index in [1.165, 1.54) is 30.0 Å². The molecule has 4 N–H and O–H groups in total. The van der Waals surface area contributed by atoms with Crippen LogP contribution >= 0.6 is 11.8 Å². The molecule has 0 spiro atoms. The molecule has 1 atom stereocenters. The molecule has 0 aliphatic rings. The van der Waals surface area contributed by atoms with Gasteiger partial charge in [-0.25, -0.2) is 4.79 Å². The lowest BCUT2D eigenvalue weighted by molar-refractivity contribution is -0.118. The van der Waals surface area contributed by atoms with Crippen molar-refractivity contribution < 1.29 is 29.3 Å². The number of phenols is 1. The summed E-state index contributed by atoms with van der Waals surface area (Å²) < 4.78 is 5.43. The maximum Gasteiger partial charge on any atom is 0.339 e. The number of thioether (sulfide) groups is 1. The Morgan fingerprint density at radius 1 is 0.939 bits per heavy atom. The van der Waals surface area contributed by atoms with Crippen molar-refractivity contribution in [2.75, 3.05) is 17.2 Å². The molecule has 8 nitrogen and oxygen atoms in total. The highest BCUT2D eigenvalue weighted by molar-refractivity contribution is 8.00. The van der Waals surface area contributed by atoms with Gasteiger partial charge in [-0.2, -0.15) is 0 Å². The van der Waals surface area contributed by atoms with Gasteiger partial charge in [-0.1, -0.05) is 24.3 Å². The zero-order chi connectivity index (χ0) is 23.8. The largest absolute Gasteiger partial charge is 0.507 e. The molecule has 1 unspecified atom stereocenters. The Morgan fingerprint density at radius 3 is 2.39 bits per heavy atom. The third-order valence-electron chi connectivity index (χ3n) is 4.41. The van der Waals surface area contributed by atoms with Crippen LogP contribution in [0.1, 0.15) is 17.3 Å². The predicted octanol–water partition coefficient (Wildman–Crippen LogP) is 4.23. The average molecular weight is 467 g/mol. The molecule has 0 fully saturated rings. The molecule has 0 bridgehead atoms. The highest BCUT2D eigenvalue weighted by atomic mass is 32.2. The number of carbonyl (C=O) groups is 3. The monoisotopic (exact) mass is 466 g/mol. The molecule has 2 amide bonds. The van der Waals surface area contributed by atoms with Crippen molar-refractivity contribution >= 4 is 40.9 Å². The maximum absolute atomic E-state index is 12.5. The van der Waals surface area contributed by atoms with Gasteiger partial charge in [0.25, 0.3) is 5.91 Å². The van der Waals surface area contributed by atoms with Crippen LogP contribution in [0.2, 0.25) is 0 Å². The molecular formula is C24H22N2O6S. The van der Waals surface area contributed by atoms with Crippen molar-refractivity contribution in [3.63, 3.8) is 0 Å². The summed E-state index contributed by atoms with van der Waals surface area (Å²) in [5.74, 6) is -1.73. The lowest BCUT2D eigenvalue weighted by atomic mass is 10.2. The first-order valence-electron chi connectivity index (χ1n) is 9.93. The molecule has 0 aromatic heterocycles. The minimum atomic E-state index is -1.29. The van der Waals surface area contributed by atoms with Crippen LogP contribution in [0.3, 0.4) is 0 Å². The number of carbonyl (C=O) groups excluding carboxylic acids is 2. The molecule has 0 saturated heterocycles. The third-order valence-corrected chi connectivity index (χ3v) is 5.50. The number of nitrogens with one attached hydrogen (secondary N) is 2. The number of hydrogen-bond donors (Lipinski definition) is 4. The van der Waals surface area contributed by atoms with E-state index in [4.69, 9.17) is 9.84 Å². The van der Waals surface area contributed by atoms with Gasteiger partial charge in [0.15, 0.2) is 6.61 Å². The first-order valence-corrected chi connectivity index (χ1v) is 10.8. The number of carboxylic acid groups (broad SMARTS) is 1. The van der Waals surface area contributed by atoms with Crippen LogP contribution in [0.4, 0.5) is 11.4 Å². The fraction of sp³-hybridized carbons (Fsp3) is 0.125. The zero-order valence-corrected chi connectivity index (χ0v) is 18.5. The van der Waals surface area contributed by atoms with Crippen molar-refractivity contribution in [2.24, 2.45) is 0 Å². The van der Waals surface area contributed by atoms with E-state index in [0.717, 1.165) is 4.90 Å². The van der Waals surface area contributed by atoms with Gasteiger partial charge >= 0.3 is 5.97 Å². The van der Waals surface area contributed by atoms with E-state index in [-0.39, 0.29) is 35.4 Å². The molecular weight excluding hydrogens is 444 g/mol. The van der Waals surface area contributed by atoms with Gasteiger partial charge < -0.3 is 25.6 Å². The molecule has 9 heteroatoms. The molecule has 0 radical (unpaired) electrons. The van der Waals surface area contributed by atoms with Crippen LogP contribution in [0.5, 0.6) is 11.5 Å². The minimum absolute atomic E-state index is 0.134. The Kier molecular flexibility index (Phi) is 7.93. The fourth-order valence-electron chi connectivity index (χ4n) is 2.80. The Hall–Kier alpha value is -3.98. The van der Waals surface area contributed by atoms with Gasteiger partial charge in [0.2, 0.25) is 5.91 Å². The van der Waals surface area contributed by atoms with E-state index >= 15 is 0 Å². The maximum atomic E-state index is 12.5. The smallest absolute Gasteiger partial charge is 0.339 e. The molecule has 0 aliphatic carbocycles. The van der Waals surface area contributed by atoms with Crippen molar-refractivity contribution in [1.82, 2.24) is 0 Å². The third kappa shape index (κ3) is 7.01. The van der Waals surface area contributed by atoms with Gasteiger partial charge in [-0.3, -0.25) is 9.59 Å². The molecule has 3 aromatic rings. The quantitative estimate of drug-likeness (QED) is 0.275. The Balaban J connectivity index is 1.55. The Bertz CT molecular complexity index is 1150. The first kappa shape index (κ1) is 23.7. The molecule has 170 valence electrons. The number of amides is 2. The highest BCUT2D eigenvalue weighted by Crippen LogP contribution is 2.27. The number of anilines is 2. The second-order valence-electron chi connectivity index (χ2n) is 6.96. The van der Waals surface area contributed by atoms with E-state index in [9.17, 15) is 19.5 Å². The Morgan fingerprint density at radius 2 is 1.67 bits per heavy atom. The molecule has 0 heterocycles. The molecule has 33 heavy (non-hydrogen) atoms. The molecule has 3 rings (SSSR count). The summed E-state index contributed by atoms with van der Waals surface area (Å²) in [6, 6.07) is 19.9. The van der Waals surface area contributed by atoms with Crippen molar-refractivity contribution in [2.45, 2.75) is 17.1 Å². The number of ether oxygens (including phenoxy) is 1. The summed E-state index contributed by atoms with van der Waals surface area (Å²) in [5.41, 5.74) is 0.536. The summed E-state index contributed by atoms with van der Waals surface area (Å²) in [6.45, 7) is 1.57. The van der Waals surface area contributed by atoms with Gasteiger partial charge in [-0.15, -0.1) is 11.8 Å². The van der Waals surface area contributed by atoms with Crippen LogP contribution in [-0.2, 0) is 9.59 Å². The van der Waals surface area contributed by atoms with E-state index in [2.05, 4.69) is 10.6 Å². The predicted molar refractivity (Wildman–Crippen MR) is 126 cm³/mol. The number of aromatic carboxylic acids is 1. The number of benzene rings is 3. The van der Waals surface area contributed by atoms with Crippen molar-refractivity contribution in [3.8, 4) is 11.5 Å². The van der Waals surface area contributed by atoms with E-state index in [1.807, 2.05) is 24.3 Å². The van der Waals surface area contributed by atoms with E-state index in [0.29, 0.717) is 11.4 Å². The van der Waals surface area contributed by atoms with Crippen LogP contribution in [0, 0.1) is 0 Å². The van der Waals surface area contributed by atoms with Crippen LogP contribution in [0.15, 0.2) is 77.7 Å².